The fraction of sp³-hybridized carbons (Fsp3) is 0.417. The van der Waals surface area contributed by atoms with Crippen LogP contribution in [0.2, 0.25) is 0 Å². The molecule has 0 saturated heterocycles. The number of alkyl halides is 1. The van der Waals surface area contributed by atoms with Gasteiger partial charge in [-0.15, -0.1) is 11.6 Å². The van der Waals surface area contributed by atoms with E-state index in [0.717, 1.165) is 0 Å². The van der Waals surface area contributed by atoms with E-state index in [1.165, 1.54) is 19.2 Å². The first-order valence-corrected chi connectivity index (χ1v) is 5.91. The monoisotopic (exact) mass is 274 g/mol. The Morgan fingerprint density at radius 3 is 2.72 bits per heavy atom. The second-order valence-electron chi connectivity index (χ2n) is 3.54. The van der Waals surface area contributed by atoms with Crippen molar-refractivity contribution in [1.29, 1.82) is 0 Å². The molecule has 1 aromatic carbocycles. The van der Waals surface area contributed by atoms with Crippen LogP contribution in [0.4, 0.5) is 0 Å². The molecule has 0 aliphatic heterocycles. The number of aliphatic hydroxyl groups excluding tert-OH is 1. The number of carboxylic acids is 1. The highest BCUT2D eigenvalue weighted by molar-refractivity contribution is 6.17. The van der Waals surface area contributed by atoms with Crippen molar-refractivity contribution in [3.05, 3.63) is 23.8 Å². The number of carboxylic acid groups (broad SMARTS) is 1. The third kappa shape index (κ3) is 3.78. The molecule has 0 aliphatic carbocycles. The van der Waals surface area contributed by atoms with Crippen molar-refractivity contribution < 1.29 is 24.5 Å². The maximum absolute atomic E-state index is 10.7. The summed E-state index contributed by atoms with van der Waals surface area (Å²) in [6.07, 6.45) is -0.875. The van der Waals surface area contributed by atoms with Crippen molar-refractivity contribution in [1.82, 2.24) is 0 Å². The van der Waals surface area contributed by atoms with Crippen LogP contribution in [0.1, 0.15) is 18.1 Å². The number of carbonyl (C=O) groups is 1. The Hall–Kier alpha value is -1.46. The lowest BCUT2D eigenvalue weighted by molar-refractivity contribution is -0.146. The molecule has 0 fully saturated rings. The van der Waals surface area contributed by atoms with Gasteiger partial charge in [-0.3, -0.25) is 0 Å². The predicted molar refractivity (Wildman–Crippen MR) is 66.4 cm³/mol. The number of ether oxygens (including phenoxy) is 2. The summed E-state index contributed by atoms with van der Waals surface area (Å²) >= 11 is 5.53. The van der Waals surface area contributed by atoms with Gasteiger partial charge in [0, 0.05) is 5.88 Å². The van der Waals surface area contributed by atoms with E-state index in [0.29, 0.717) is 30.4 Å². The molecule has 0 bridgehead atoms. The Kier molecular flexibility index (Phi) is 5.74. The Morgan fingerprint density at radius 1 is 1.44 bits per heavy atom. The van der Waals surface area contributed by atoms with E-state index in [-0.39, 0.29) is 5.56 Å². The normalized spacial score (nSPS) is 11.9. The van der Waals surface area contributed by atoms with Crippen LogP contribution in [0, 0.1) is 0 Å². The molecule has 1 unspecified atom stereocenters. The molecule has 0 radical (unpaired) electrons. The first-order valence-electron chi connectivity index (χ1n) is 5.37. The summed E-state index contributed by atoms with van der Waals surface area (Å²) in [5.74, 6) is 0.0529. The van der Waals surface area contributed by atoms with Crippen LogP contribution < -0.4 is 9.47 Å². The zero-order chi connectivity index (χ0) is 13.5. The number of rotatable bonds is 7. The summed E-state index contributed by atoms with van der Waals surface area (Å²) in [5.41, 5.74) is 0.240. The van der Waals surface area contributed by atoms with Gasteiger partial charge in [-0.05, 0) is 24.1 Å². The van der Waals surface area contributed by atoms with E-state index >= 15 is 0 Å². The van der Waals surface area contributed by atoms with E-state index in [9.17, 15) is 9.90 Å². The molecular weight excluding hydrogens is 260 g/mol. The van der Waals surface area contributed by atoms with Crippen molar-refractivity contribution in [3.8, 4) is 11.5 Å². The van der Waals surface area contributed by atoms with Gasteiger partial charge in [-0.25, -0.2) is 4.79 Å². The van der Waals surface area contributed by atoms with Gasteiger partial charge in [0.1, 0.15) is 0 Å². The lowest BCUT2D eigenvalue weighted by atomic mass is 10.1. The van der Waals surface area contributed by atoms with E-state index < -0.39 is 12.1 Å². The summed E-state index contributed by atoms with van der Waals surface area (Å²) in [6.45, 7) is 0.445. The van der Waals surface area contributed by atoms with Crippen molar-refractivity contribution in [2.24, 2.45) is 0 Å². The number of methoxy groups -OCH3 is 1. The van der Waals surface area contributed by atoms with Gasteiger partial charge in [-0.2, -0.15) is 0 Å². The number of hydrogen-bond donors (Lipinski definition) is 2. The van der Waals surface area contributed by atoms with Gasteiger partial charge in [0.2, 0.25) is 0 Å². The molecule has 0 heterocycles. The Morgan fingerprint density at radius 2 is 2.17 bits per heavy atom. The summed E-state index contributed by atoms with van der Waals surface area (Å²) in [6, 6.07) is 4.49. The van der Waals surface area contributed by atoms with Crippen LogP contribution in [0.3, 0.4) is 0 Å². The number of aliphatic carboxylic acids is 1. The quantitative estimate of drug-likeness (QED) is 0.586. The van der Waals surface area contributed by atoms with Gasteiger partial charge in [-0.1, -0.05) is 6.07 Å². The third-order valence-corrected chi connectivity index (χ3v) is 2.54. The minimum absolute atomic E-state index is 0.240. The smallest absolute Gasteiger partial charge is 0.337 e. The van der Waals surface area contributed by atoms with Crippen LogP contribution in [-0.4, -0.2) is 35.8 Å². The Balaban J connectivity index is 2.86. The average molecular weight is 275 g/mol. The predicted octanol–water partition coefficient (Wildman–Crippen LogP) is 1.82. The largest absolute Gasteiger partial charge is 0.493 e. The van der Waals surface area contributed by atoms with Crippen LogP contribution in [0.25, 0.3) is 0 Å². The molecule has 2 N–H and O–H groups in total. The second kappa shape index (κ2) is 7.08. The molecule has 0 saturated carbocycles. The summed E-state index contributed by atoms with van der Waals surface area (Å²) in [4.78, 5) is 10.7. The number of halogens is 1. The van der Waals surface area contributed by atoms with Crippen LogP contribution in [0.15, 0.2) is 18.2 Å². The molecule has 6 heteroatoms. The lowest BCUT2D eigenvalue weighted by Crippen LogP contribution is -2.10. The number of aliphatic hydroxyl groups is 1. The minimum Gasteiger partial charge on any atom is -0.493 e. The third-order valence-electron chi connectivity index (χ3n) is 2.27. The zero-order valence-electron chi connectivity index (χ0n) is 9.93. The van der Waals surface area contributed by atoms with Crippen LogP contribution >= 0.6 is 11.6 Å². The van der Waals surface area contributed by atoms with E-state index in [4.69, 9.17) is 26.2 Å². The molecule has 18 heavy (non-hydrogen) atoms. The zero-order valence-corrected chi connectivity index (χ0v) is 10.7. The highest BCUT2D eigenvalue weighted by Gasteiger charge is 2.18. The Bertz CT molecular complexity index is 407. The molecular formula is C12H15ClO5. The molecule has 100 valence electrons. The summed E-state index contributed by atoms with van der Waals surface area (Å²) < 4.78 is 10.5. The first kappa shape index (κ1) is 14.6. The molecule has 0 aliphatic rings. The van der Waals surface area contributed by atoms with Gasteiger partial charge in [0.25, 0.3) is 0 Å². The van der Waals surface area contributed by atoms with Crippen molar-refractivity contribution in [2.75, 3.05) is 19.6 Å². The van der Waals surface area contributed by atoms with Crippen LogP contribution in [0.5, 0.6) is 11.5 Å². The van der Waals surface area contributed by atoms with E-state index in [1.54, 1.807) is 6.07 Å². The standard InChI is InChI=1S/C12H15ClO5/c1-17-10-7-8(11(14)12(15)16)3-4-9(10)18-6-2-5-13/h3-4,7,11,14H,2,5-6H2,1H3,(H,15,16). The summed E-state index contributed by atoms with van der Waals surface area (Å²) in [7, 11) is 1.45. The molecule has 1 rings (SSSR count). The number of hydrogen-bond acceptors (Lipinski definition) is 4. The molecule has 1 aromatic rings. The topological polar surface area (TPSA) is 76.0 Å². The highest BCUT2D eigenvalue weighted by atomic mass is 35.5. The number of benzene rings is 1. The SMILES string of the molecule is COc1cc(C(O)C(=O)O)ccc1OCCCCl. The maximum Gasteiger partial charge on any atom is 0.337 e. The van der Waals surface area contributed by atoms with Gasteiger partial charge in [0.05, 0.1) is 13.7 Å². The van der Waals surface area contributed by atoms with Crippen molar-refractivity contribution >= 4 is 17.6 Å². The second-order valence-corrected chi connectivity index (χ2v) is 3.92. The van der Waals surface area contributed by atoms with Gasteiger partial charge >= 0.3 is 5.97 Å². The fourth-order valence-corrected chi connectivity index (χ4v) is 1.46. The molecule has 0 spiro atoms. The molecule has 5 nitrogen and oxygen atoms in total. The molecule has 0 amide bonds. The van der Waals surface area contributed by atoms with E-state index in [1.807, 2.05) is 0 Å². The molecule has 1 atom stereocenters. The molecule has 0 aromatic heterocycles. The van der Waals surface area contributed by atoms with Crippen LogP contribution in [-0.2, 0) is 4.79 Å². The van der Waals surface area contributed by atoms with Crippen molar-refractivity contribution in [3.63, 3.8) is 0 Å². The Labute approximate surface area is 110 Å². The van der Waals surface area contributed by atoms with Crippen molar-refractivity contribution in [2.45, 2.75) is 12.5 Å². The first-order chi connectivity index (χ1) is 8.60. The lowest BCUT2D eigenvalue weighted by Gasteiger charge is -2.13. The van der Waals surface area contributed by atoms with Gasteiger partial charge < -0.3 is 19.7 Å². The summed E-state index contributed by atoms with van der Waals surface area (Å²) in [5, 5.41) is 18.1. The highest BCUT2D eigenvalue weighted by Crippen LogP contribution is 2.30. The fourth-order valence-electron chi connectivity index (χ4n) is 1.35. The van der Waals surface area contributed by atoms with Gasteiger partial charge in [0.15, 0.2) is 17.6 Å². The minimum atomic E-state index is -1.57. The average Bonchev–Trinajstić information content (AvgIpc) is 2.38. The van der Waals surface area contributed by atoms with E-state index in [2.05, 4.69) is 0 Å². The maximum atomic E-state index is 10.7.